The fourth-order valence-electron chi connectivity index (χ4n) is 1.75. The number of urea groups is 1. The van der Waals surface area contributed by atoms with Crippen molar-refractivity contribution in [1.82, 2.24) is 15.1 Å². The number of benzene rings is 1. The van der Waals surface area contributed by atoms with Crippen LogP contribution in [0.3, 0.4) is 0 Å². The highest BCUT2D eigenvalue weighted by molar-refractivity contribution is 7.13. The van der Waals surface area contributed by atoms with Gasteiger partial charge in [-0.05, 0) is 18.1 Å². The molecule has 0 atom stereocenters. The predicted molar refractivity (Wildman–Crippen MR) is 78.7 cm³/mol. The predicted octanol–water partition coefficient (Wildman–Crippen LogP) is 1.94. The summed E-state index contributed by atoms with van der Waals surface area (Å²) in [5, 5.41) is 19.5. The van der Waals surface area contributed by atoms with Gasteiger partial charge in [0.1, 0.15) is 5.51 Å². The maximum absolute atomic E-state index is 11.9. The molecule has 0 aliphatic rings. The van der Waals surface area contributed by atoms with Crippen molar-refractivity contribution < 1.29 is 14.7 Å². The van der Waals surface area contributed by atoms with Crippen molar-refractivity contribution in [3.8, 4) is 0 Å². The average molecular weight is 306 g/mol. The topological polar surface area (TPSA) is 95.4 Å². The number of carboxylic acids is 1. The van der Waals surface area contributed by atoms with Gasteiger partial charge in [0.05, 0.1) is 5.56 Å². The van der Waals surface area contributed by atoms with Crippen LogP contribution in [0.15, 0.2) is 29.8 Å². The van der Waals surface area contributed by atoms with Crippen molar-refractivity contribution in [2.24, 2.45) is 0 Å². The van der Waals surface area contributed by atoms with E-state index in [1.807, 2.05) is 0 Å². The largest absolute Gasteiger partial charge is 0.478 e. The maximum Gasteiger partial charge on any atom is 0.335 e. The number of rotatable bonds is 5. The lowest BCUT2D eigenvalue weighted by molar-refractivity contribution is 0.0695. The Bertz CT molecular complexity index is 630. The highest BCUT2D eigenvalue weighted by Gasteiger charge is 2.13. The molecular formula is C13H14N4O3S. The smallest absolute Gasteiger partial charge is 0.335 e. The van der Waals surface area contributed by atoms with Gasteiger partial charge in [0.25, 0.3) is 0 Å². The van der Waals surface area contributed by atoms with E-state index in [2.05, 4.69) is 15.5 Å². The summed E-state index contributed by atoms with van der Waals surface area (Å²) < 4.78 is 0. The molecule has 110 valence electrons. The van der Waals surface area contributed by atoms with Crippen LogP contribution in [0.4, 0.5) is 9.93 Å². The van der Waals surface area contributed by atoms with Crippen molar-refractivity contribution in [2.75, 3.05) is 18.9 Å². The zero-order valence-corrected chi connectivity index (χ0v) is 12.1. The van der Waals surface area contributed by atoms with Crippen molar-refractivity contribution >= 4 is 28.5 Å². The SMILES string of the molecule is CN(CCc1ccccc1C(=O)O)C(=O)Nc1nncs1. The second-order valence-corrected chi connectivity index (χ2v) is 5.14. The van der Waals surface area contributed by atoms with E-state index >= 15 is 0 Å². The standard InChI is InChI=1S/C13H14N4O3S/c1-17(13(20)15-12-16-14-8-21-12)7-6-9-4-2-3-5-10(9)11(18)19/h2-5,8H,6-7H2,1H3,(H,18,19)(H,15,16,20). The van der Waals surface area contributed by atoms with Crippen LogP contribution < -0.4 is 5.32 Å². The number of nitrogens with one attached hydrogen (secondary N) is 1. The van der Waals surface area contributed by atoms with Gasteiger partial charge in [-0.2, -0.15) is 0 Å². The quantitative estimate of drug-likeness (QED) is 0.880. The first-order valence-electron chi connectivity index (χ1n) is 6.17. The van der Waals surface area contributed by atoms with E-state index in [9.17, 15) is 9.59 Å². The van der Waals surface area contributed by atoms with Crippen molar-refractivity contribution in [3.05, 3.63) is 40.9 Å². The van der Waals surface area contributed by atoms with Gasteiger partial charge in [-0.1, -0.05) is 29.5 Å². The molecule has 1 aromatic carbocycles. The Morgan fingerprint density at radius 3 is 2.81 bits per heavy atom. The highest BCUT2D eigenvalue weighted by Crippen LogP contribution is 2.11. The molecule has 21 heavy (non-hydrogen) atoms. The number of likely N-dealkylation sites (N-methyl/N-ethyl adjacent to an activating group) is 1. The Morgan fingerprint density at radius 2 is 2.14 bits per heavy atom. The van der Waals surface area contributed by atoms with E-state index in [4.69, 9.17) is 5.11 Å². The summed E-state index contributed by atoms with van der Waals surface area (Å²) in [7, 11) is 1.64. The fraction of sp³-hybridized carbons (Fsp3) is 0.231. The first-order chi connectivity index (χ1) is 10.1. The van der Waals surface area contributed by atoms with E-state index in [-0.39, 0.29) is 11.6 Å². The van der Waals surface area contributed by atoms with Gasteiger partial charge in [0.2, 0.25) is 5.13 Å². The molecule has 0 bridgehead atoms. The molecule has 0 unspecified atom stereocenters. The third-order valence-corrected chi connectivity index (χ3v) is 3.49. The zero-order chi connectivity index (χ0) is 15.2. The molecule has 2 N–H and O–H groups in total. The van der Waals surface area contributed by atoms with Gasteiger partial charge in [-0.15, -0.1) is 10.2 Å². The summed E-state index contributed by atoms with van der Waals surface area (Å²) in [5.41, 5.74) is 2.48. The third-order valence-electron chi connectivity index (χ3n) is 2.88. The summed E-state index contributed by atoms with van der Waals surface area (Å²) in [6.07, 6.45) is 0.461. The van der Waals surface area contributed by atoms with Crippen LogP contribution >= 0.6 is 11.3 Å². The average Bonchev–Trinajstić information content (AvgIpc) is 2.97. The number of anilines is 1. The molecule has 0 radical (unpaired) electrons. The third kappa shape index (κ3) is 3.99. The second kappa shape index (κ2) is 6.80. The number of nitrogens with zero attached hydrogens (tertiary/aromatic N) is 3. The summed E-state index contributed by atoms with van der Waals surface area (Å²) in [4.78, 5) is 24.5. The fourth-order valence-corrected chi connectivity index (χ4v) is 2.19. The van der Waals surface area contributed by atoms with Gasteiger partial charge in [-0.25, -0.2) is 9.59 Å². The summed E-state index contributed by atoms with van der Waals surface area (Å²) >= 11 is 1.23. The molecule has 1 heterocycles. The lowest BCUT2D eigenvalue weighted by Gasteiger charge is -2.17. The van der Waals surface area contributed by atoms with Gasteiger partial charge in [-0.3, -0.25) is 5.32 Å². The maximum atomic E-state index is 11.9. The Balaban J connectivity index is 1.93. The number of aromatic carboxylic acids is 1. The minimum absolute atomic E-state index is 0.260. The van der Waals surface area contributed by atoms with E-state index in [1.54, 1.807) is 31.3 Å². The molecule has 0 aliphatic carbocycles. The Kier molecular flexibility index (Phi) is 4.83. The number of aromatic nitrogens is 2. The van der Waals surface area contributed by atoms with E-state index in [0.717, 1.165) is 0 Å². The molecule has 2 amide bonds. The molecule has 0 saturated heterocycles. The summed E-state index contributed by atoms with van der Waals surface area (Å²) in [6, 6.07) is 6.46. The van der Waals surface area contributed by atoms with E-state index in [0.29, 0.717) is 23.7 Å². The molecule has 2 rings (SSSR count). The minimum Gasteiger partial charge on any atom is -0.478 e. The van der Waals surface area contributed by atoms with Gasteiger partial charge >= 0.3 is 12.0 Å². The summed E-state index contributed by atoms with van der Waals surface area (Å²) in [6.45, 7) is 0.398. The van der Waals surface area contributed by atoms with Crippen molar-refractivity contribution in [1.29, 1.82) is 0 Å². The Labute approximate surface area is 125 Å². The first-order valence-corrected chi connectivity index (χ1v) is 7.05. The van der Waals surface area contributed by atoms with E-state index in [1.165, 1.54) is 21.7 Å². The van der Waals surface area contributed by atoms with Crippen LogP contribution in [-0.4, -0.2) is 45.8 Å². The van der Waals surface area contributed by atoms with Crippen LogP contribution in [0.2, 0.25) is 0 Å². The Hall–Kier alpha value is -2.48. The molecule has 0 saturated carbocycles. The van der Waals surface area contributed by atoms with Gasteiger partial charge in [0.15, 0.2) is 0 Å². The molecular weight excluding hydrogens is 292 g/mol. The lowest BCUT2D eigenvalue weighted by Crippen LogP contribution is -2.33. The molecule has 7 nitrogen and oxygen atoms in total. The van der Waals surface area contributed by atoms with Crippen LogP contribution in [0.25, 0.3) is 0 Å². The number of hydrogen-bond acceptors (Lipinski definition) is 5. The number of amides is 2. The molecule has 1 aromatic heterocycles. The summed E-state index contributed by atoms with van der Waals surface area (Å²) in [5.74, 6) is -0.966. The normalized spacial score (nSPS) is 10.1. The monoisotopic (exact) mass is 306 g/mol. The molecule has 2 aromatic rings. The number of carbonyl (C=O) groups excluding carboxylic acids is 1. The number of carboxylic acid groups (broad SMARTS) is 1. The number of hydrogen-bond donors (Lipinski definition) is 2. The lowest BCUT2D eigenvalue weighted by atomic mass is 10.0. The molecule has 0 spiro atoms. The van der Waals surface area contributed by atoms with Crippen LogP contribution in [0, 0.1) is 0 Å². The van der Waals surface area contributed by atoms with Gasteiger partial charge in [0, 0.05) is 13.6 Å². The minimum atomic E-state index is -0.966. The molecule has 0 fully saturated rings. The molecule has 8 heteroatoms. The van der Waals surface area contributed by atoms with Gasteiger partial charge < -0.3 is 10.0 Å². The highest BCUT2D eigenvalue weighted by atomic mass is 32.1. The van der Waals surface area contributed by atoms with Crippen molar-refractivity contribution in [3.63, 3.8) is 0 Å². The first kappa shape index (κ1) is 14.9. The number of carbonyl (C=O) groups is 2. The van der Waals surface area contributed by atoms with Crippen LogP contribution in [-0.2, 0) is 6.42 Å². The Morgan fingerprint density at radius 1 is 1.38 bits per heavy atom. The van der Waals surface area contributed by atoms with Crippen LogP contribution in [0.1, 0.15) is 15.9 Å². The van der Waals surface area contributed by atoms with Crippen LogP contribution in [0.5, 0.6) is 0 Å². The molecule has 0 aliphatic heterocycles. The van der Waals surface area contributed by atoms with E-state index < -0.39 is 5.97 Å². The van der Waals surface area contributed by atoms with Crippen molar-refractivity contribution in [2.45, 2.75) is 6.42 Å². The zero-order valence-electron chi connectivity index (χ0n) is 11.3. The second-order valence-electron chi connectivity index (χ2n) is 4.31.